The highest BCUT2D eigenvalue weighted by molar-refractivity contribution is 5.33. The van der Waals surface area contributed by atoms with Crippen molar-refractivity contribution in [3.8, 4) is 11.6 Å². The monoisotopic (exact) mass is 307 g/mol. The first-order valence-corrected chi connectivity index (χ1v) is 5.54. The van der Waals surface area contributed by atoms with Crippen LogP contribution in [0.15, 0.2) is 42.6 Å². The van der Waals surface area contributed by atoms with Gasteiger partial charge in [-0.25, -0.2) is 4.98 Å². The Morgan fingerprint density at radius 1 is 0.810 bits per heavy atom. The molecule has 0 aliphatic heterocycles. The molecule has 21 heavy (non-hydrogen) atoms. The molecule has 1 heterocycles. The number of alkyl halides is 6. The van der Waals surface area contributed by atoms with Crippen LogP contribution in [0.5, 0.6) is 11.6 Å². The van der Waals surface area contributed by atoms with Gasteiger partial charge in [0, 0.05) is 12.3 Å². The first-order chi connectivity index (χ1) is 9.66. The van der Waals surface area contributed by atoms with Crippen molar-refractivity contribution in [1.82, 2.24) is 4.98 Å². The summed E-state index contributed by atoms with van der Waals surface area (Å²) in [6.45, 7) is 0. The Labute approximate surface area is 115 Å². The van der Waals surface area contributed by atoms with Crippen molar-refractivity contribution < 1.29 is 31.1 Å². The lowest BCUT2D eigenvalue weighted by Gasteiger charge is -2.10. The summed E-state index contributed by atoms with van der Waals surface area (Å²) >= 11 is 0. The highest BCUT2D eigenvalue weighted by Crippen LogP contribution is 2.33. The van der Waals surface area contributed by atoms with E-state index in [1.807, 2.05) is 0 Å². The second kappa shape index (κ2) is 5.27. The molecular formula is C13H7F6NO. The summed E-state index contributed by atoms with van der Waals surface area (Å²) in [4.78, 5) is 3.41. The Balaban J connectivity index is 2.19. The molecule has 0 saturated heterocycles. The third kappa shape index (κ3) is 3.87. The number of hydrogen-bond acceptors (Lipinski definition) is 2. The standard InChI is InChI=1S/C13H7F6NO/c14-12(15,16)8-2-1-3-10(6-8)21-11-5-4-9(7-20-11)13(17,18)19/h1-7H. The van der Waals surface area contributed by atoms with Gasteiger partial charge in [-0.3, -0.25) is 0 Å². The number of benzene rings is 1. The Morgan fingerprint density at radius 3 is 2.00 bits per heavy atom. The summed E-state index contributed by atoms with van der Waals surface area (Å²) in [5.74, 6) is -0.403. The largest absolute Gasteiger partial charge is 0.439 e. The SMILES string of the molecule is FC(F)(F)c1ccc(Oc2cccc(C(F)(F)F)c2)nc1. The zero-order valence-corrected chi connectivity index (χ0v) is 10.2. The van der Waals surface area contributed by atoms with Crippen LogP contribution in [0.1, 0.15) is 11.1 Å². The van der Waals surface area contributed by atoms with Crippen molar-refractivity contribution in [3.05, 3.63) is 53.7 Å². The summed E-state index contributed by atoms with van der Waals surface area (Å²) in [6.07, 6.45) is -8.53. The predicted octanol–water partition coefficient (Wildman–Crippen LogP) is 4.91. The van der Waals surface area contributed by atoms with E-state index in [9.17, 15) is 26.3 Å². The summed E-state index contributed by atoms with van der Waals surface area (Å²) in [6, 6.07) is 5.63. The van der Waals surface area contributed by atoms with Crippen LogP contribution in [-0.4, -0.2) is 4.98 Å². The number of rotatable bonds is 2. The van der Waals surface area contributed by atoms with Crippen molar-refractivity contribution in [2.45, 2.75) is 12.4 Å². The molecule has 0 fully saturated rings. The third-order valence-corrected chi connectivity index (χ3v) is 2.45. The summed E-state index contributed by atoms with van der Waals surface area (Å²) in [5, 5.41) is 0. The molecule has 0 amide bonds. The molecule has 2 nitrogen and oxygen atoms in total. The van der Waals surface area contributed by atoms with Crippen LogP contribution < -0.4 is 4.74 Å². The van der Waals surface area contributed by atoms with Gasteiger partial charge in [-0.15, -0.1) is 0 Å². The van der Waals surface area contributed by atoms with Gasteiger partial charge in [0.05, 0.1) is 11.1 Å². The molecule has 0 aliphatic rings. The average Bonchev–Trinajstić information content (AvgIpc) is 2.37. The molecule has 8 heteroatoms. The average molecular weight is 307 g/mol. The first-order valence-electron chi connectivity index (χ1n) is 5.54. The predicted molar refractivity (Wildman–Crippen MR) is 60.8 cm³/mol. The van der Waals surface area contributed by atoms with E-state index in [2.05, 4.69) is 4.98 Å². The van der Waals surface area contributed by atoms with Gasteiger partial charge in [0.1, 0.15) is 5.75 Å². The second-order valence-electron chi connectivity index (χ2n) is 4.01. The zero-order chi connectivity index (χ0) is 15.7. The van der Waals surface area contributed by atoms with Crippen molar-refractivity contribution >= 4 is 0 Å². The minimum atomic E-state index is -4.54. The van der Waals surface area contributed by atoms with Crippen molar-refractivity contribution in [1.29, 1.82) is 0 Å². The van der Waals surface area contributed by atoms with Crippen LogP contribution in [0.2, 0.25) is 0 Å². The quantitative estimate of drug-likeness (QED) is 0.735. The van der Waals surface area contributed by atoms with E-state index in [1.165, 1.54) is 6.07 Å². The van der Waals surface area contributed by atoms with Gasteiger partial charge in [-0.1, -0.05) is 6.07 Å². The van der Waals surface area contributed by atoms with E-state index in [1.54, 1.807) is 0 Å². The zero-order valence-electron chi connectivity index (χ0n) is 10.2. The molecule has 1 aromatic carbocycles. The smallest absolute Gasteiger partial charge is 0.417 e. The summed E-state index contributed by atoms with van der Waals surface area (Å²) < 4.78 is 79.5. The van der Waals surface area contributed by atoms with Crippen molar-refractivity contribution in [3.63, 3.8) is 0 Å². The first kappa shape index (κ1) is 15.1. The summed E-state index contributed by atoms with van der Waals surface area (Å²) in [7, 11) is 0. The highest BCUT2D eigenvalue weighted by atomic mass is 19.4. The van der Waals surface area contributed by atoms with Gasteiger partial charge in [-0.05, 0) is 24.3 Å². The normalized spacial score (nSPS) is 12.3. The summed E-state index contributed by atoms with van der Waals surface area (Å²) in [5.41, 5.74) is -1.90. The van der Waals surface area contributed by atoms with Gasteiger partial charge >= 0.3 is 12.4 Å². The van der Waals surface area contributed by atoms with Crippen LogP contribution in [0, 0.1) is 0 Å². The van der Waals surface area contributed by atoms with E-state index in [-0.39, 0.29) is 11.6 Å². The minimum Gasteiger partial charge on any atom is -0.439 e. The molecule has 0 aliphatic carbocycles. The number of halogens is 6. The lowest BCUT2D eigenvalue weighted by atomic mass is 10.2. The molecule has 0 atom stereocenters. The van der Waals surface area contributed by atoms with Gasteiger partial charge in [-0.2, -0.15) is 26.3 Å². The number of hydrogen-bond donors (Lipinski definition) is 0. The Hall–Kier alpha value is -2.25. The van der Waals surface area contributed by atoms with Gasteiger partial charge in [0.15, 0.2) is 0 Å². The molecule has 2 rings (SSSR count). The molecule has 0 bridgehead atoms. The van der Waals surface area contributed by atoms with Crippen LogP contribution in [0.25, 0.3) is 0 Å². The van der Waals surface area contributed by atoms with E-state index in [0.29, 0.717) is 6.20 Å². The molecule has 0 unspecified atom stereocenters. The maximum atomic E-state index is 12.5. The van der Waals surface area contributed by atoms with E-state index in [0.717, 1.165) is 30.3 Å². The Kier molecular flexibility index (Phi) is 3.80. The number of nitrogens with zero attached hydrogens (tertiary/aromatic N) is 1. The van der Waals surface area contributed by atoms with Gasteiger partial charge < -0.3 is 4.74 Å². The third-order valence-electron chi connectivity index (χ3n) is 2.45. The van der Waals surface area contributed by atoms with E-state index < -0.39 is 23.5 Å². The maximum absolute atomic E-state index is 12.5. The Morgan fingerprint density at radius 2 is 1.48 bits per heavy atom. The van der Waals surface area contributed by atoms with Gasteiger partial charge in [0.2, 0.25) is 5.88 Å². The fourth-order valence-corrected chi connectivity index (χ4v) is 1.47. The number of pyridine rings is 1. The lowest BCUT2D eigenvalue weighted by Crippen LogP contribution is -2.06. The molecule has 0 saturated carbocycles. The lowest BCUT2D eigenvalue weighted by molar-refractivity contribution is -0.138. The number of ether oxygens (including phenoxy) is 1. The fraction of sp³-hybridized carbons (Fsp3) is 0.154. The molecule has 112 valence electrons. The highest BCUT2D eigenvalue weighted by Gasteiger charge is 2.31. The van der Waals surface area contributed by atoms with E-state index >= 15 is 0 Å². The van der Waals surface area contributed by atoms with Crippen LogP contribution >= 0.6 is 0 Å². The second-order valence-corrected chi connectivity index (χ2v) is 4.01. The van der Waals surface area contributed by atoms with Crippen LogP contribution in [-0.2, 0) is 12.4 Å². The molecule has 2 aromatic rings. The van der Waals surface area contributed by atoms with E-state index in [4.69, 9.17) is 4.74 Å². The number of aromatic nitrogens is 1. The topological polar surface area (TPSA) is 22.1 Å². The fourth-order valence-electron chi connectivity index (χ4n) is 1.47. The molecular weight excluding hydrogens is 300 g/mol. The van der Waals surface area contributed by atoms with Crippen LogP contribution in [0.3, 0.4) is 0 Å². The molecule has 1 aromatic heterocycles. The minimum absolute atomic E-state index is 0.169. The van der Waals surface area contributed by atoms with Crippen molar-refractivity contribution in [2.24, 2.45) is 0 Å². The van der Waals surface area contributed by atoms with Gasteiger partial charge in [0.25, 0.3) is 0 Å². The maximum Gasteiger partial charge on any atom is 0.417 e. The Bertz CT molecular complexity index is 618. The molecule has 0 spiro atoms. The molecule has 0 radical (unpaired) electrons. The van der Waals surface area contributed by atoms with Crippen molar-refractivity contribution in [2.75, 3.05) is 0 Å². The molecule has 0 N–H and O–H groups in total. The van der Waals surface area contributed by atoms with Crippen LogP contribution in [0.4, 0.5) is 26.3 Å².